The van der Waals surface area contributed by atoms with Crippen molar-refractivity contribution in [2.75, 3.05) is 26.7 Å². The summed E-state index contributed by atoms with van der Waals surface area (Å²) in [7, 11) is 1.43. The second-order valence-electron chi connectivity index (χ2n) is 5.66. The second kappa shape index (κ2) is 16.2. The lowest BCUT2D eigenvalue weighted by atomic mass is 10.1. The first-order valence-corrected chi connectivity index (χ1v) is 8.89. The number of unbranched alkanes of at least 4 members (excludes halogenated alkanes) is 2. The van der Waals surface area contributed by atoms with E-state index in [0.29, 0.717) is 6.42 Å². The van der Waals surface area contributed by atoms with Gasteiger partial charge in [-0.25, -0.2) is 0 Å². The lowest BCUT2D eigenvalue weighted by molar-refractivity contribution is -0.140. The third-order valence-corrected chi connectivity index (χ3v) is 3.66. The van der Waals surface area contributed by atoms with Crippen molar-refractivity contribution in [3.63, 3.8) is 0 Å². The van der Waals surface area contributed by atoms with Gasteiger partial charge in [0.15, 0.2) is 5.96 Å². The first-order chi connectivity index (χ1) is 11.8. The highest BCUT2D eigenvalue weighted by Crippen LogP contribution is 2.02. The normalized spacial score (nSPS) is 10.7. The number of halogens is 1. The number of nitrogens with zero attached hydrogens (tertiary/aromatic N) is 1. The Morgan fingerprint density at radius 3 is 2.52 bits per heavy atom. The molecule has 0 radical (unpaired) electrons. The third-order valence-electron chi connectivity index (χ3n) is 3.66. The Bertz CT molecular complexity index is 481. The highest BCUT2D eigenvalue weighted by molar-refractivity contribution is 14.0. The van der Waals surface area contributed by atoms with Crippen molar-refractivity contribution < 1.29 is 9.53 Å². The molecule has 1 aromatic rings. The molecule has 0 amide bonds. The summed E-state index contributed by atoms with van der Waals surface area (Å²) in [6.07, 6.45) is 5.50. The molecule has 0 fully saturated rings. The Morgan fingerprint density at radius 1 is 1.08 bits per heavy atom. The summed E-state index contributed by atoms with van der Waals surface area (Å²) < 4.78 is 4.63. The van der Waals surface area contributed by atoms with Gasteiger partial charge < -0.3 is 15.4 Å². The van der Waals surface area contributed by atoms with E-state index in [-0.39, 0.29) is 29.9 Å². The van der Waals surface area contributed by atoms with Crippen molar-refractivity contribution in [3.8, 4) is 0 Å². The number of hydrogen-bond acceptors (Lipinski definition) is 3. The third kappa shape index (κ3) is 12.7. The van der Waals surface area contributed by atoms with Gasteiger partial charge in [0.05, 0.1) is 7.11 Å². The van der Waals surface area contributed by atoms with E-state index in [1.807, 2.05) is 6.07 Å². The minimum absolute atomic E-state index is 0. The molecule has 0 aliphatic carbocycles. The number of rotatable bonds is 11. The first kappa shape index (κ1) is 23.7. The molecule has 142 valence electrons. The second-order valence-corrected chi connectivity index (χ2v) is 5.66. The summed E-state index contributed by atoms with van der Waals surface area (Å²) in [6, 6.07) is 10.5. The number of aliphatic imine (C=N–C) groups is 1. The average Bonchev–Trinajstić information content (AvgIpc) is 2.62. The maximum Gasteiger partial charge on any atom is 0.305 e. The van der Waals surface area contributed by atoms with Gasteiger partial charge in [-0.1, -0.05) is 36.8 Å². The van der Waals surface area contributed by atoms with E-state index in [1.54, 1.807) is 0 Å². The lowest BCUT2D eigenvalue weighted by Gasteiger charge is -2.11. The van der Waals surface area contributed by atoms with Crippen molar-refractivity contribution in [3.05, 3.63) is 35.9 Å². The van der Waals surface area contributed by atoms with Crippen LogP contribution in [-0.4, -0.2) is 38.7 Å². The number of ether oxygens (including phenoxy) is 1. The number of benzene rings is 1. The molecule has 0 heterocycles. The fourth-order valence-electron chi connectivity index (χ4n) is 2.34. The van der Waals surface area contributed by atoms with E-state index in [1.165, 1.54) is 12.7 Å². The number of methoxy groups -OCH3 is 1. The van der Waals surface area contributed by atoms with Crippen molar-refractivity contribution in [2.24, 2.45) is 4.99 Å². The summed E-state index contributed by atoms with van der Waals surface area (Å²) in [5.41, 5.74) is 1.36. The van der Waals surface area contributed by atoms with Crippen molar-refractivity contribution in [2.45, 2.75) is 45.4 Å². The number of carbonyl (C=O) groups excluding carboxylic acids is 1. The van der Waals surface area contributed by atoms with Gasteiger partial charge in [0.25, 0.3) is 0 Å². The van der Waals surface area contributed by atoms with Crippen LogP contribution in [0.5, 0.6) is 0 Å². The van der Waals surface area contributed by atoms with Crippen LogP contribution in [0, 0.1) is 0 Å². The molecule has 0 aromatic heterocycles. The Labute approximate surface area is 169 Å². The van der Waals surface area contributed by atoms with Gasteiger partial charge in [0.2, 0.25) is 0 Å². The molecular formula is C19H32IN3O2. The lowest BCUT2D eigenvalue weighted by Crippen LogP contribution is -2.37. The van der Waals surface area contributed by atoms with Gasteiger partial charge >= 0.3 is 5.97 Å². The van der Waals surface area contributed by atoms with Crippen LogP contribution in [0.1, 0.15) is 44.6 Å². The van der Waals surface area contributed by atoms with Gasteiger partial charge in [-0.05, 0) is 38.2 Å². The zero-order chi connectivity index (χ0) is 17.5. The van der Waals surface area contributed by atoms with Crippen LogP contribution in [0.2, 0.25) is 0 Å². The number of esters is 1. The molecular weight excluding hydrogens is 429 g/mol. The SMILES string of the molecule is CCNC(=NCCCc1ccccc1)NCCCCCC(=O)OC.I. The topological polar surface area (TPSA) is 62.7 Å². The summed E-state index contributed by atoms with van der Waals surface area (Å²) in [4.78, 5) is 15.6. The Hall–Kier alpha value is -1.31. The van der Waals surface area contributed by atoms with E-state index in [0.717, 1.165) is 57.7 Å². The van der Waals surface area contributed by atoms with Gasteiger partial charge in [-0.15, -0.1) is 24.0 Å². The molecule has 0 saturated carbocycles. The monoisotopic (exact) mass is 461 g/mol. The smallest absolute Gasteiger partial charge is 0.305 e. The van der Waals surface area contributed by atoms with Gasteiger partial charge in [0.1, 0.15) is 0 Å². The number of hydrogen-bond donors (Lipinski definition) is 2. The van der Waals surface area contributed by atoms with Crippen LogP contribution < -0.4 is 10.6 Å². The fourth-order valence-corrected chi connectivity index (χ4v) is 2.34. The highest BCUT2D eigenvalue weighted by atomic mass is 127. The maximum absolute atomic E-state index is 11.0. The number of nitrogens with one attached hydrogen (secondary N) is 2. The van der Waals surface area contributed by atoms with Gasteiger partial charge in [-0.3, -0.25) is 9.79 Å². The predicted octanol–water partition coefficient (Wildman–Crippen LogP) is 3.53. The Balaban J connectivity index is 0.00000576. The molecule has 1 rings (SSSR count). The van der Waals surface area contributed by atoms with E-state index in [2.05, 4.69) is 51.6 Å². The van der Waals surface area contributed by atoms with Crippen LogP contribution in [0.25, 0.3) is 0 Å². The molecule has 5 nitrogen and oxygen atoms in total. The van der Waals surface area contributed by atoms with E-state index < -0.39 is 0 Å². The van der Waals surface area contributed by atoms with Gasteiger partial charge in [0, 0.05) is 26.1 Å². The number of aryl methyl sites for hydroxylation is 1. The molecule has 0 aliphatic heterocycles. The number of carbonyl (C=O) groups is 1. The van der Waals surface area contributed by atoms with E-state index in [9.17, 15) is 4.79 Å². The minimum atomic E-state index is -0.128. The molecule has 0 unspecified atom stereocenters. The highest BCUT2D eigenvalue weighted by Gasteiger charge is 2.00. The zero-order valence-corrected chi connectivity index (χ0v) is 17.8. The Morgan fingerprint density at radius 2 is 1.84 bits per heavy atom. The maximum atomic E-state index is 11.0. The molecule has 2 N–H and O–H groups in total. The molecule has 0 bridgehead atoms. The molecule has 6 heteroatoms. The summed E-state index contributed by atoms with van der Waals surface area (Å²) >= 11 is 0. The predicted molar refractivity (Wildman–Crippen MR) is 115 cm³/mol. The van der Waals surface area contributed by atoms with Crippen LogP contribution in [0.3, 0.4) is 0 Å². The molecule has 0 atom stereocenters. The summed E-state index contributed by atoms with van der Waals surface area (Å²) in [5.74, 6) is 0.745. The number of guanidine groups is 1. The summed E-state index contributed by atoms with van der Waals surface area (Å²) in [6.45, 7) is 4.60. The van der Waals surface area contributed by atoms with E-state index in [4.69, 9.17) is 0 Å². The van der Waals surface area contributed by atoms with Crippen LogP contribution >= 0.6 is 24.0 Å². The molecule has 25 heavy (non-hydrogen) atoms. The molecule has 0 saturated heterocycles. The largest absolute Gasteiger partial charge is 0.469 e. The quantitative estimate of drug-likeness (QED) is 0.174. The average molecular weight is 461 g/mol. The van der Waals surface area contributed by atoms with Gasteiger partial charge in [-0.2, -0.15) is 0 Å². The molecule has 1 aromatic carbocycles. The van der Waals surface area contributed by atoms with Crippen LogP contribution in [0.4, 0.5) is 0 Å². The minimum Gasteiger partial charge on any atom is -0.469 e. The molecule has 0 aliphatic rings. The van der Waals surface area contributed by atoms with E-state index >= 15 is 0 Å². The van der Waals surface area contributed by atoms with Crippen molar-refractivity contribution in [1.82, 2.24) is 10.6 Å². The van der Waals surface area contributed by atoms with Crippen molar-refractivity contribution in [1.29, 1.82) is 0 Å². The first-order valence-electron chi connectivity index (χ1n) is 8.89. The van der Waals surface area contributed by atoms with Crippen LogP contribution in [-0.2, 0) is 16.0 Å². The van der Waals surface area contributed by atoms with Crippen LogP contribution in [0.15, 0.2) is 35.3 Å². The Kier molecular flexibility index (Phi) is 15.3. The van der Waals surface area contributed by atoms with Crippen molar-refractivity contribution >= 4 is 35.9 Å². The standard InChI is InChI=1S/C19H31N3O2.HI/c1-3-20-19(21-15-9-5-8-14-18(23)24-2)22-16-10-13-17-11-6-4-7-12-17;/h4,6-7,11-12H,3,5,8-10,13-16H2,1-2H3,(H2,20,21,22);1H. The summed E-state index contributed by atoms with van der Waals surface area (Å²) in [5, 5.41) is 6.61. The fraction of sp³-hybridized carbons (Fsp3) is 0.579. The zero-order valence-electron chi connectivity index (χ0n) is 15.4. The molecule has 0 spiro atoms.